The quantitative estimate of drug-likeness (QED) is 0.881. The molecule has 0 atom stereocenters. The van der Waals surface area contributed by atoms with Crippen LogP contribution in [0.5, 0.6) is 0 Å². The van der Waals surface area contributed by atoms with Gasteiger partial charge in [-0.05, 0) is 35.7 Å². The molecule has 0 fully saturated rings. The molecule has 106 valence electrons. The van der Waals surface area contributed by atoms with E-state index in [-0.39, 0.29) is 6.61 Å². The van der Waals surface area contributed by atoms with Crippen LogP contribution < -0.4 is 0 Å². The van der Waals surface area contributed by atoms with E-state index in [1.54, 1.807) is 6.20 Å². The molecular formula is C16H19BrN2O. The lowest BCUT2D eigenvalue weighted by atomic mass is 10.1. The van der Waals surface area contributed by atoms with Crippen molar-refractivity contribution < 1.29 is 5.11 Å². The van der Waals surface area contributed by atoms with Gasteiger partial charge in [-0.2, -0.15) is 0 Å². The zero-order chi connectivity index (χ0) is 14.4. The van der Waals surface area contributed by atoms with Crippen molar-refractivity contribution in [3.63, 3.8) is 0 Å². The maximum absolute atomic E-state index is 9.25. The third-order valence-corrected chi connectivity index (χ3v) is 4.18. The number of nitrogens with zero attached hydrogens (tertiary/aromatic N) is 2. The van der Waals surface area contributed by atoms with Gasteiger partial charge < -0.3 is 5.11 Å². The highest BCUT2D eigenvalue weighted by Gasteiger charge is 2.09. The molecule has 2 aromatic rings. The molecule has 0 aliphatic rings. The molecule has 0 aliphatic carbocycles. The smallest absolute Gasteiger partial charge is 0.0558 e. The monoisotopic (exact) mass is 334 g/mol. The minimum Gasteiger partial charge on any atom is -0.395 e. The number of aliphatic hydroxyl groups is 1. The van der Waals surface area contributed by atoms with Crippen LogP contribution in [0.25, 0.3) is 0 Å². The Bertz CT molecular complexity index is 545. The SMILES string of the molecule is Cc1c(Br)cccc1CN(CCO)Cc1cccnc1. The zero-order valence-corrected chi connectivity index (χ0v) is 13.2. The second-order valence-corrected chi connectivity index (χ2v) is 5.67. The van der Waals surface area contributed by atoms with Crippen molar-refractivity contribution in [3.8, 4) is 0 Å². The minimum absolute atomic E-state index is 0.160. The molecule has 1 N–H and O–H groups in total. The highest BCUT2D eigenvalue weighted by atomic mass is 79.9. The average Bonchev–Trinajstić information content (AvgIpc) is 2.45. The van der Waals surface area contributed by atoms with Gasteiger partial charge in [-0.1, -0.05) is 34.1 Å². The third-order valence-electron chi connectivity index (χ3n) is 3.32. The summed E-state index contributed by atoms with van der Waals surface area (Å²) in [6.07, 6.45) is 3.65. The van der Waals surface area contributed by atoms with E-state index in [2.05, 4.69) is 50.9 Å². The van der Waals surface area contributed by atoms with Crippen LogP contribution in [-0.2, 0) is 13.1 Å². The Morgan fingerprint density at radius 2 is 2.05 bits per heavy atom. The largest absolute Gasteiger partial charge is 0.395 e. The highest BCUT2D eigenvalue weighted by molar-refractivity contribution is 9.10. The number of rotatable bonds is 6. The molecule has 0 bridgehead atoms. The number of hydrogen-bond acceptors (Lipinski definition) is 3. The van der Waals surface area contributed by atoms with Gasteiger partial charge in [0.25, 0.3) is 0 Å². The van der Waals surface area contributed by atoms with Crippen molar-refractivity contribution in [2.45, 2.75) is 20.0 Å². The number of hydrogen-bond donors (Lipinski definition) is 1. The van der Waals surface area contributed by atoms with Gasteiger partial charge in [-0.3, -0.25) is 9.88 Å². The predicted octanol–water partition coefficient (Wildman–Crippen LogP) is 3.15. The lowest BCUT2D eigenvalue weighted by Crippen LogP contribution is -2.26. The van der Waals surface area contributed by atoms with Crippen LogP contribution in [0.3, 0.4) is 0 Å². The Morgan fingerprint density at radius 1 is 1.20 bits per heavy atom. The Kier molecular flexibility index (Phi) is 5.71. The summed E-state index contributed by atoms with van der Waals surface area (Å²) >= 11 is 3.56. The molecule has 0 aliphatic heterocycles. The molecule has 0 saturated heterocycles. The molecule has 1 aromatic carbocycles. The molecule has 0 amide bonds. The summed E-state index contributed by atoms with van der Waals surface area (Å²) in [6.45, 7) is 4.54. The van der Waals surface area contributed by atoms with Crippen LogP contribution in [0.15, 0.2) is 47.2 Å². The predicted molar refractivity (Wildman–Crippen MR) is 84.3 cm³/mol. The van der Waals surface area contributed by atoms with Crippen molar-refractivity contribution in [2.24, 2.45) is 0 Å². The summed E-state index contributed by atoms with van der Waals surface area (Å²) in [4.78, 5) is 6.37. The van der Waals surface area contributed by atoms with E-state index in [0.29, 0.717) is 6.54 Å². The van der Waals surface area contributed by atoms with Crippen LogP contribution in [-0.4, -0.2) is 28.1 Å². The molecule has 1 heterocycles. The summed E-state index contributed by atoms with van der Waals surface area (Å²) in [6, 6.07) is 10.2. The molecule has 0 radical (unpaired) electrons. The molecule has 4 heteroatoms. The van der Waals surface area contributed by atoms with E-state index in [1.807, 2.05) is 18.3 Å². The van der Waals surface area contributed by atoms with E-state index in [9.17, 15) is 5.11 Å². The fraction of sp³-hybridized carbons (Fsp3) is 0.312. The van der Waals surface area contributed by atoms with E-state index in [4.69, 9.17) is 0 Å². The molecule has 20 heavy (non-hydrogen) atoms. The Hall–Kier alpha value is -1.23. The number of benzene rings is 1. The summed E-state index contributed by atoms with van der Waals surface area (Å²) in [5.74, 6) is 0. The van der Waals surface area contributed by atoms with Crippen LogP contribution in [0, 0.1) is 6.92 Å². The van der Waals surface area contributed by atoms with E-state index in [0.717, 1.165) is 23.1 Å². The molecule has 3 nitrogen and oxygen atoms in total. The maximum Gasteiger partial charge on any atom is 0.0558 e. The van der Waals surface area contributed by atoms with Crippen molar-refractivity contribution in [1.29, 1.82) is 0 Å². The van der Waals surface area contributed by atoms with Crippen molar-refractivity contribution >= 4 is 15.9 Å². The number of aliphatic hydroxyl groups excluding tert-OH is 1. The van der Waals surface area contributed by atoms with Crippen LogP contribution in [0.4, 0.5) is 0 Å². The molecule has 2 rings (SSSR count). The standard InChI is InChI=1S/C16H19BrN2O/c1-13-15(5-2-6-16(13)17)12-19(8-9-20)11-14-4-3-7-18-10-14/h2-7,10,20H,8-9,11-12H2,1H3. The summed E-state index contributed by atoms with van der Waals surface area (Å²) in [5, 5.41) is 9.25. The van der Waals surface area contributed by atoms with Gasteiger partial charge >= 0.3 is 0 Å². The number of pyridine rings is 1. The van der Waals surface area contributed by atoms with Crippen molar-refractivity contribution in [1.82, 2.24) is 9.88 Å². The second kappa shape index (κ2) is 7.53. The molecule has 0 saturated carbocycles. The third kappa shape index (κ3) is 4.13. The van der Waals surface area contributed by atoms with Gasteiger partial charge in [-0.15, -0.1) is 0 Å². The number of halogens is 1. The molecule has 1 aromatic heterocycles. The van der Waals surface area contributed by atoms with E-state index >= 15 is 0 Å². The number of aromatic nitrogens is 1. The van der Waals surface area contributed by atoms with Crippen molar-refractivity contribution in [3.05, 3.63) is 63.9 Å². The van der Waals surface area contributed by atoms with Crippen LogP contribution in [0.1, 0.15) is 16.7 Å². The topological polar surface area (TPSA) is 36.4 Å². The van der Waals surface area contributed by atoms with Gasteiger partial charge in [0.05, 0.1) is 6.61 Å². The fourth-order valence-electron chi connectivity index (χ4n) is 2.17. The first-order valence-corrected chi connectivity index (χ1v) is 7.46. The van der Waals surface area contributed by atoms with Crippen LogP contribution in [0.2, 0.25) is 0 Å². The summed E-state index contributed by atoms with van der Waals surface area (Å²) in [5.41, 5.74) is 3.69. The first kappa shape index (κ1) is 15.2. The molecule has 0 unspecified atom stereocenters. The average molecular weight is 335 g/mol. The van der Waals surface area contributed by atoms with Gasteiger partial charge in [0.2, 0.25) is 0 Å². The lowest BCUT2D eigenvalue weighted by Gasteiger charge is -2.22. The summed E-state index contributed by atoms with van der Waals surface area (Å²) < 4.78 is 1.13. The first-order chi connectivity index (χ1) is 9.70. The van der Waals surface area contributed by atoms with Gasteiger partial charge in [0, 0.05) is 36.5 Å². The molecular weight excluding hydrogens is 316 g/mol. The normalized spacial score (nSPS) is 11.0. The highest BCUT2D eigenvalue weighted by Crippen LogP contribution is 2.21. The Labute approximate surface area is 128 Å². The van der Waals surface area contributed by atoms with E-state index < -0.39 is 0 Å². The van der Waals surface area contributed by atoms with Gasteiger partial charge in [0.15, 0.2) is 0 Å². The Morgan fingerprint density at radius 3 is 2.75 bits per heavy atom. The molecule has 0 spiro atoms. The van der Waals surface area contributed by atoms with Crippen LogP contribution >= 0.6 is 15.9 Å². The zero-order valence-electron chi connectivity index (χ0n) is 11.6. The van der Waals surface area contributed by atoms with Gasteiger partial charge in [0.1, 0.15) is 0 Å². The Balaban J connectivity index is 2.11. The van der Waals surface area contributed by atoms with Crippen molar-refractivity contribution in [2.75, 3.05) is 13.2 Å². The minimum atomic E-state index is 0.160. The van der Waals surface area contributed by atoms with E-state index in [1.165, 1.54) is 11.1 Å². The fourth-order valence-corrected chi connectivity index (χ4v) is 2.58. The summed E-state index contributed by atoms with van der Waals surface area (Å²) in [7, 11) is 0. The second-order valence-electron chi connectivity index (χ2n) is 4.82. The maximum atomic E-state index is 9.25. The lowest BCUT2D eigenvalue weighted by molar-refractivity contribution is 0.184. The first-order valence-electron chi connectivity index (χ1n) is 6.67. The van der Waals surface area contributed by atoms with Gasteiger partial charge in [-0.25, -0.2) is 0 Å².